The molecule has 0 aliphatic carbocycles. The second-order valence-corrected chi connectivity index (χ2v) is 2.34. The maximum absolute atomic E-state index is 12.0. The van der Waals surface area contributed by atoms with Crippen molar-refractivity contribution < 1.29 is 37.1 Å². The zero-order valence-electron chi connectivity index (χ0n) is 7.06. The normalized spacial score (nSPS) is 10.8. The van der Waals surface area contributed by atoms with Crippen molar-refractivity contribution in [3.8, 4) is 0 Å². The Bertz CT molecular complexity index is 272. The predicted octanol–water partition coefficient (Wildman–Crippen LogP) is -1.43. The van der Waals surface area contributed by atoms with Gasteiger partial charge in [-0.05, 0) is 6.07 Å². The molecule has 0 N–H and O–H groups in total. The number of hydrogen-bond donors (Lipinski definition) is 0. The van der Waals surface area contributed by atoms with E-state index in [0.29, 0.717) is 0 Å². The molecule has 0 amide bonds. The molecule has 0 aliphatic rings. The molecule has 5 heteroatoms. The minimum atomic E-state index is -4.36. The number of benzene rings is 1. The van der Waals surface area contributed by atoms with Gasteiger partial charge < -0.3 is 5.11 Å². The maximum Gasteiger partial charge on any atom is 1.00 e. The molecule has 13 heavy (non-hydrogen) atoms. The molecule has 1 rings (SSSR count). The molecule has 0 spiro atoms. The van der Waals surface area contributed by atoms with Gasteiger partial charge in [-0.3, -0.25) is 0 Å². The second kappa shape index (κ2) is 4.71. The Morgan fingerprint density at radius 2 is 1.85 bits per heavy atom. The van der Waals surface area contributed by atoms with Gasteiger partial charge >= 0.3 is 25.0 Å². The van der Waals surface area contributed by atoms with Crippen molar-refractivity contribution in [1.82, 2.24) is 0 Å². The van der Waals surface area contributed by atoms with Crippen LogP contribution in [0.3, 0.4) is 0 Å². The summed E-state index contributed by atoms with van der Waals surface area (Å²) in [4.78, 5) is 0. The van der Waals surface area contributed by atoms with Crippen LogP contribution in [0.25, 0.3) is 0 Å². The third-order valence-electron chi connectivity index (χ3n) is 1.42. The molecule has 0 atom stereocenters. The monoisotopic (exact) mass is 182 g/mol. The van der Waals surface area contributed by atoms with Crippen molar-refractivity contribution in [2.45, 2.75) is 12.8 Å². The van der Waals surface area contributed by atoms with Crippen LogP contribution in [0.4, 0.5) is 13.2 Å². The van der Waals surface area contributed by atoms with Crippen LogP contribution in [-0.4, -0.2) is 0 Å². The fourth-order valence-corrected chi connectivity index (χ4v) is 0.837. The van der Waals surface area contributed by atoms with Crippen LogP contribution < -0.4 is 24.0 Å². The van der Waals surface area contributed by atoms with Crippen LogP contribution in [0.5, 0.6) is 0 Å². The topological polar surface area (TPSA) is 23.1 Å². The zero-order chi connectivity index (χ0) is 9.19. The van der Waals surface area contributed by atoms with Gasteiger partial charge in [0.2, 0.25) is 0 Å². The summed E-state index contributed by atoms with van der Waals surface area (Å²) in [6.07, 6.45) is -4.36. The summed E-state index contributed by atoms with van der Waals surface area (Å²) in [5, 5.41) is 10.2. The Kier molecular flexibility index (Phi) is 4.55. The van der Waals surface area contributed by atoms with Crippen LogP contribution >= 0.6 is 0 Å². The van der Waals surface area contributed by atoms with Gasteiger partial charge in [0.1, 0.15) is 0 Å². The van der Waals surface area contributed by atoms with E-state index < -0.39 is 18.3 Å². The Hall–Kier alpha value is -0.433. The van der Waals surface area contributed by atoms with E-state index in [-0.39, 0.29) is 24.4 Å². The Morgan fingerprint density at radius 3 is 2.31 bits per heavy atom. The van der Waals surface area contributed by atoms with Crippen LogP contribution in [-0.2, 0) is 12.8 Å². The van der Waals surface area contributed by atoms with Gasteiger partial charge in [-0.2, -0.15) is 13.2 Å². The van der Waals surface area contributed by atoms with Crippen LogP contribution in [0.1, 0.15) is 11.1 Å². The van der Waals surface area contributed by atoms with Crippen molar-refractivity contribution in [3.05, 3.63) is 35.4 Å². The van der Waals surface area contributed by atoms with E-state index in [1.54, 1.807) is 0 Å². The number of rotatable bonds is 1. The van der Waals surface area contributed by atoms with Crippen molar-refractivity contribution in [2.75, 3.05) is 0 Å². The van der Waals surface area contributed by atoms with Crippen LogP contribution in [0.15, 0.2) is 24.3 Å². The smallest absolute Gasteiger partial charge is 0.851 e. The minimum absolute atomic E-state index is 0. The van der Waals surface area contributed by atoms with E-state index in [1.807, 2.05) is 0 Å². The van der Waals surface area contributed by atoms with Crippen molar-refractivity contribution in [2.24, 2.45) is 0 Å². The fourth-order valence-electron chi connectivity index (χ4n) is 0.837. The second-order valence-electron chi connectivity index (χ2n) is 2.34. The van der Waals surface area contributed by atoms with Gasteiger partial charge in [0.05, 0.1) is 5.56 Å². The summed E-state index contributed by atoms with van der Waals surface area (Å²) in [5.41, 5.74) is -0.610. The first-order chi connectivity index (χ1) is 5.54. The average molecular weight is 182 g/mol. The molecule has 0 bridgehead atoms. The number of halogens is 3. The summed E-state index contributed by atoms with van der Waals surface area (Å²) in [7, 11) is 0. The Morgan fingerprint density at radius 1 is 1.23 bits per heavy atom. The molecule has 0 radical (unpaired) electrons. The van der Waals surface area contributed by atoms with E-state index in [2.05, 4.69) is 0 Å². The van der Waals surface area contributed by atoms with E-state index in [0.717, 1.165) is 12.1 Å². The third kappa shape index (κ3) is 3.43. The standard InChI is InChI=1S/C8H6F3O.Li/c9-8(10,11)7-3-1-2-6(4-7)5-12;/h1-4H,5H2;/q-1;+1. The molecular weight excluding hydrogens is 176 g/mol. The molecule has 0 saturated carbocycles. The van der Waals surface area contributed by atoms with E-state index in [1.165, 1.54) is 12.1 Å². The predicted molar refractivity (Wildman–Crippen MR) is 35.1 cm³/mol. The molecule has 1 nitrogen and oxygen atoms in total. The first kappa shape index (κ1) is 12.6. The van der Waals surface area contributed by atoms with Crippen molar-refractivity contribution >= 4 is 0 Å². The van der Waals surface area contributed by atoms with Crippen LogP contribution in [0.2, 0.25) is 0 Å². The van der Waals surface area contributed by atoms with Gasteiger partial charge in [0.15, 0.2) is 0 Å². The summed E-state index contributed by atoms with van der Waals surface area (Å²) >= 11 is 0. The number of hydrogen-bond acceptors (Lipinski definition) is 1. The number of alkyl halides is 3. The Balaban J connectivity index is 0.00000144. The summed E-state index contributed by atoms with van der Waals surface area (Å²) in [6.45, 7) is -0.621. The summed E-state index contributed by atoms with van der Waals surface area (Å²) in [6, 6.07) is 4.42. The third-order valence-corrected chi connectivity index (χ3v) is 1.42. The minimum Gasteiger partial charge on any atom is -0.851 e. The van der Waals surface area contributed by atoms with Gasteiger partial charge in [0.25, 0.3) is 0 Å². The molecule has 0 fully saturated rings. The SMILES string of the molecule is [Li+].[O-]Cc1cccc(C(F)(F)F)c1. The first-order valence-electron chi connectivity index (χ1n) is 3.28. The maximum atomic E-state index is 12.0. The van der Waals surface area contributed by atoms with E-state index in [4.69, 9.17) is 0 Å². The molecule has 66 valence electrons. The van der Waals surface area contributed by atoms with Gasteiger partial charge in [-0.15, -0.1) is 6.61 Å². The average Bonchev–Trinajstić information content (AvgIpc) is 2.03. The zero-order valence-corrected chi connectivity index (χ0v) is 7.06. The van der Waals surface area contributed by atoms with E-state index in [9.17, 15) is 18.3 Å². The molecule has 1 aromatic rings. The fraction of sp³-hybridized carbons (Fsp3) is 0.250. The molecule has 0 aromatic heterocycles. The summed E-state index contributed by atoms with van der Waals surface area (Å²) < 4.78 is 36.0. The quantitative estimate of drug-likeness (QED) is 0.488. The first-order valence-corrected chi connectivity index (χ1v) is 3.28. The molecule has 0 unspecified atom stereocenters. The van der Waals surface area contributed by atoms with Crippen LogP contribution in [0, 0.1) is 0 Å². The molecule has 0 saturated heterocycles. The van der Waals surface area contributed by atoms with Crippen molar-refractivity contribution in [1.29, 1.82) is 0 Å². The van der Waals surface area contributed by atoms with Gasteiger partial charge in [-0.1, -0.05) is 23.8 Å². The van der Waals surface area contributed by atoms with E-state index >= 15 is 0 Å². The molecule has 0 heterocycles. The summed E-state index contributed by atoms with van der Waals surface area (Å²) in [5.74, 6) is 0. The van der Waals surface area contributed by atoms with Gasteiger partial charge in [0, 0.05) is 0 Å². The van der Waals surface area contributed by atoms with Gasteiger partial charge in [-0.25, -0.2) is 0 Å². The molecule has 0 aliphatic heterocycles. The van der Waals surface area contributed by atoms with Crippen molar-refractivity contribution in [3.63, 3.8) is 0 Å². The molecule has 1 aromatic carbocycles. The molecular formula is C8H6F3LiO. The largest absolute Gasteiger partial charge is 1.00 e. The Labute approximate surface area is 85.7 Å².